The van der Waals surface area contributed by atoms with Crippen LogP contribution in [0.4, 0.5) is 0 Å². The number of β-amino-alcohol motifs (C(OH)–C–C–N with tert-alkyl or cyclic N) is 1. The fraction of sp³-hybridized carbons (Fsp3) is 0.706. The molecule has 4 heteroatoms. The zero-order valence-electron chi connectivity index (χ0n) is 13.4. The van der Waals surface area contributed by atoms with Crippen molar-refractivity contribution in [2.75, 3.05) is 32.7 Å². The molecule has 0 amide bonds. The first-order valence-electron chi connectivity index (χ1n) is 8.20. The molecule has 1 aromatic rings. The van der Waals surface area contributed by atoms with Crippen LogP contribution in [-0.2, 0) is 6.54 Å². The van der Waals surface area contributed by atoms with Gasteiger partial charge in [-0.15, -0.1) is 0 Å². The minimum atomic E-state index is -0.276. The third-order valence-corrected chi connectivity index (χ3v) is 4.37. The van der Waals surface area contributed by atoms with Crippen molar-refractivity contribution >= 4 is 0 Å². The first-order valence-corrected chi connectivity index (χ1v) is 8.20. The SMILES string of the molecule is CCN(Cc1ccccn1)CC(O)CN1CCC(C)CC1. The van der Waals surface area contributed by atoms with Gasteiger partial charge in [0.25, 0.3) is 0 Å². The van der Waals surface area contributed by atoms with E-state index in [-0.39, 0.29) is 6.10 Å². The quantitative estimate of drug-likeness (QED) is 0.834. The van der Waals surface area contributed by atoms with Crippen molar-refractivity contribution in [2.45, 2.75) is 39.3 Å². The largest absolute Gasteiger partial charge is 0.390 e. The van der Waals surface area contributed by atoms with E-state index in [4.69, 9.17) is 0 Å². The number of aliphatic hydroxyl groups is 1. The second-order valence-corrected chi connectivity index (χ2v) is 6.29. The van der Waals surface area contributed by atoms with E-state index in [1.165, 1.54) is 12.8 Å². The van der Waals surface area contributed by atoms with Crippen molar-refractivity contribution in [1.29, 1.82) is 0 Å². The summed E-state index contributed by atoms with van der Waals surface area (Å²) in [5, 5.41) is 10.3. The van der Waals surface area contributed by atoms with Crippen LogP contribution in [-0.4, -0.2) is 58.7 Å². The van der Waals surface area contributed by atoms with Crippen molar-refractivity contribution in [3.05, 3.63) is 30.1 Å². The van der Waals surface area contributed by atoms with E-state index < -0.39 is 0 Å². The molecule has 21 heavy (non-hydrogen) atoms. The van der Waals surface area contributed by atoms with Gasteiger partial charge in [0.15, 0.2) is 0 Å². The van der Waals surface area contributed by atoms with Gasteiger partial charge in [-0.25, -0.2) is 0 Å². The van der Waals surface area contributed by atoms with Crippen molar-refractivity contribution in [2.24, 2.45) is 5.92 Å². The number of aliphatic hydroxyl groups excluding tert-OH is 1. The summed E-state index contributed by atoms with van der Waals surface area (Å²) in [6.45, 7) is 9.98. The molecule has 0 radical (unpaired) electrons. The number of likely N-dealkylation sites (tertiary alicyclic amines) is 1. The number of rotatable bonds is 7. The van der Waals surface area contributed by atoms with Gasteiger partial charge in [-0.05, 0) is 50.5 Å². The highest BCUT2D eigenvalue weighted by atomic mass is 16.3. The monoisotopic (exact) mass is 291 g/mol. The van der Waals surface area contributed by atoms with E-state index in [0.29, 0.717) is 0 Å². The molecule has 1 aliphatic heterocycles. The minimum Gasteiger partial charge on any atom is -0.390 e. The second-order valence-electron chi connectivity index (χ2n) is 6.29. The summed E-state index contributed by atoms with van der Waals surface area (Å²) in [6, 6.07) is 5.99. The lowest BCUT2D eigenvalue weighted by Gasteiger charge is -2.33. The van der Waals surface area contributed by atoms with E-state index in [1.54, 1.807) is 0 Å². The summed E-state index contributed by atoms with van der Waals surface area (Å²) in [5.74, 6) is 0.842. The van der Waals surface area contributed by atoms with Gasteiger partial charge in [-0.3, -0.25) is 9.88 Å². The molecule has 0 bridgehead atoms. The molecule has 1 aliphatic rings. The average molecular weight is 291 g/mol. The molecule has 1 fully saturated rings. The summed E-state index contributed by atoms with van der Waals surface area (Å²) in [6.07, 6.45) is 4.08. The molecule has 0 spiro atoms. The van der Waals surface area contributed by atoms with E-state index in [9.17, 15) is 5.11 Å². The van der Waals surface area contributed by atoms with Crippen LogP contribution < -0.4 is 0 Å². The van der Waals surface area contributed by atoms with Gasteiger partial charge in [0, 0.05) is 25.8 Å². The van der Waals surface area contributed by atoms with Gasteiger partial charge in [-0.2, -0.15) is 0 Å². The fourth-order valence-corrected chi connectivity index (χ4v) is 2.92. The lowest BCUT2D eigenvalue weighted by Crippen LogP contribution is -2.43. The molecule has 0 saturated carbocycles. The topological polar surface area (TPSA) is 39.6 Å². The predicted octanol–water partition coefficient (Wildman–Crippen LogP) is 2.00. The summed E-state index contributed by atoms with van der Waals surface area (Å²) < 4.78 is 0. The summed E-state index contributed by atoms with van der Waals surface area (Å²) >= 11 is 0. The Morgan fingerprint density at radius 1 is 1.38 bits per heavy atom. The standard InChI is InChI=1S/C17H29N3O/c1-3-19(12-16-6-4-5-9-18-16)13-17(21)14-20-10-7-15(2)8-11-20/h4-6,9,15,17,21H,3,7-8,10-14H2,1-2H3. The molecular formula is C17H29N3O. The van der Waals surface area contributed by atoms with Crippen molar-refractivity contribution < 1.29 is 5.11 Å². The van der Waals surface area contributed by atoms with E-state index in [0.717, 1.165) is 50.9 Å². The van der Waals surface area contributed by atoms with Crippen LogP contribution in [0.2, 0.25) is 0 Å². The van der Waals surface area contributed by atoms with Crippen LogP contribution >= 0.6 is 0 Å². The molecule has 0 aliphatic carbocycles. The lowest BCUT2D eigenvalue weighted by molar-refractivity contribution is 0.0603. The van der Waals surface area contributed by atoms with Crippen molar-refractivity contribution in [1.82, 2.24) is 14.8 Å². The van der Waals surface area contributed by atoms with Gasteiger partial charge in [0.1, 0.15) is 0 Å². The Morgan fingerprint density at radius 2 is 2.14 bits per heavy atom. The number of hydrogen-bond donors (Lipinski definition) is 1. The van der Waals surface area contributed by atoms with Gasteiger partial charge in [-0.1, -0.05) is 19.9 Å². The van der Waals surface area contributed by atoms with Crippen LogP contribution in [0.1, 0.15) is 32.4 Å². The molecular weight excluding hydrogens is 262 g/mol. The molecule has 1 N–H and O–H groups in total. The zero-order chi connectivity index (χ0) is 15.1. The maximum Gasteiger partial charge on any atom is 0.0793 e. The van der Waals surface area contributed by atoms with Crippen molar-refractivity contribution in [3.63, 3.8) is 0 Å². The highest BCUT2D eigenvalue weighted by molar-refractivity contribution is 5.03. The molecule has 1 saturated heterocycles. The smallest absolute Gasteiger partial charge is 0.0793 e. The highest BCUT2D eigenvalue weighted by Gasteiger charge is 2.19. The van der Waals surface area contributed by atoms with E-state index in [1.807, 2.05) is 24.4 Å². The Morgan fingerprint density at radius 3 is 2.76 bits per heavy atom. The average Bonchev–Trinajstić information content (AvgIpc) is 2.50. The Balaban J connectivity index is 1.75. The van der Waals surface area contributed by atoms with Crippen LogP contribution in [0.25, 0.3) is 0 Å². The molecule has 1 atom stereocenters. The van der Waals surface area contributed by atoms with E-state index in [2.05, 4.69) is 28.6 Å². The second kappa shape index (κ2) is 8.47. The van der Waals surface area contributed by atoms with Gasteiger partial charge < -0.3 is 10.0 Å². The first-order chi connectivity index (χ1) is 10.2. The number of pyridine rings is 1. The molecule has 1 aromatic heterocycles. The van der Waals surface area contributed by atoms with E-state index >= 15 is 0 Å². The van der Waals surface area contributed by atoms with Gasteiger partial charge >= 0.3 is 0 Å². The summed E-state index contributed by atoms with van der Waals surface area (Å²) in [7, 11) is 0. The molecule has 2 rings (SSSR count). The molecule has 118 valence electrons. The van der Waals surface area contributed by atoms with Crippen LogP contribution in [0.3, 0.4) is 0 Å². The third-order valence-electron chi connectivity index (χ3n) is 4.37. The molecule has 1 unspecified atom stereocenters. The Bertz CT molecular complexity index is 390. The number of piperidine rings is 1. The highest BCUT2D eigenvalue weighted by Crippen LogP contribution is 2.16. The molecule has 4 nitrogen and oxygen atoms in total. The maximum absolute atomic E-state index is 10.3. The van der Waals surface area contributed by atoms with Gasteiger partial charge in [0.2, 0.25) is 0 Å². The number of likely N-dealkylation sites (N-methyl/N-ethyl adjacent to an activating group) is 1. The third kappa shape index (κ3) is 5.73. The summed E-state index contributed by atoms with van der Waals surface area (Å²) in [4.78, 5) is 9.03. The number of hydrogen-bond acceptors (Lipinski definition) is 4. The van der Waals surface area contributed by atoms with Crippen molar-refractivity contribution in [3.8, 4) is 0 Å². The lowest BCUT2D eigenvalue weighted by atomic mass is 9.99. The number of nitrogens with zero attached hydrogens (tertiary/aromatic N) is 3. The molecule has 2 heterocycles. The fourth-order valence-electron chi connectivity index (χ4n) is 2.92. The Hall–Kier alpha value is -0.970. The van der Waals surface area contributed by atoms with Crippen LogP contribution in [0.15, 0.2) is 24.4 Å². The molecule has 0 aromatic carbocycles. The van der Waals surface area contributed by atoms with Gasteiger partial charge in [0.05, 0.1) is 11.8 Å². The minimum absolute atomic E-state index is 0.276. The first kappa shape index (κ1) is 16.4. The Labute approximate surface area is 128 Å². The Kier molecular flexibility index (Phi) is 6.61. The normalized spacial score (nSPS) is 19.0. The maximum atomic E-state index is 10.3. The zero-order valence-corrected chi connectivity index (χ0v) is 13.4. The summed E-state index contributed by atoms with van der Waals surface area (Å²) in [5.41, 5.74) is 1.07. The van der Waals surface area contributed by atoms with Crippen LogP contribution in [0, 0.1) is 5.92 Å². The predicted molar refractivity (Wildman–Crippen MR) is 86.0 cm³/mol. The number of aromatic nitrogens is 1. The van der Waals surface area contributed by atoms with Crippen LogP contribution in [0.5, 0.6) is 0 Å².